The molecule has 1 aliphatic carbocycles. The van der Waals surface area contributed by atoms with Crippen molar-refractivity contribution in [2.45, 2.75) is 18.9 Å². The second kappa shape index (κ2) is 6.95. The summed E-state index contributed by atoms with van der Waals surface area (Å²) < 4.78 is 5.13. The highest BCUT2D eigenvalue weighted by atomic mass is 32.1. The van der Waals surface area contributed by atoms with Gasteiger partial charge in [0.2, 0.25) is 5.91 Å². The largest absolute Gasteiger partial charge is 0.497 e. The maximum Gasteiger partial charge on any atom is 0.273 e. The first-order valence-corrected chi connectivity index (χ1v) is 9.46. The molecule has 2 N–H and O–H groups in total. The lowest BCUT2D eigenvalue weighted by Crippen LogP contribution is -2.61. The van der Waals surface area contributed by atoms with E-state index in [-0.39, 0.29) is 23.8 Å². The summed E-state index contributed by atoms with van der Waals surface area (Å²) in [4.78, 5) is 30.3. The Labute approximate surface area is 155 Å². The van der Waals surface area contributed by atoms with Gasteiger partial charge in [-0.05, 0) is 37.1 Å². The van der Waals surface area contributed by atoms with Crippen molar-refractivity contribution < 1.29 is 14.3 Å². The van der Waals surface area contributed by atoms with Gasteiger partial charge in [-0.25, -0.2) is 4.98 Å². The molecule has 26 heavy (non-hydrogen) atoms. The molecule has 0 bridgehead atoms. The van der Waals surface area contributed by atoms with E-state index in [2.05, 4.69) is 15.6 Å². The van der Waals surface area contributed by atoms with Crippen LogP contribution in [0.2, 0.25) is 0 Å². The molecule has 136 valence electrons. The van der Waals surface area contributed by atoms with Gasteiger partial charge < -0.3 is 20.3 Å². The van der Waals surface area contributed by atoms with Crippen LogP contribution in [-0.2, 0) is 4.79 Å². The lowest BCUT2D eigenvalue weighted by Gasteiger charge is -2.39. The van der Waals surface area contributed by atoms with E-state index in [0.29, 0.717) is 23.9 Å². The number of rotatable bonds is 6. The van der Waals surface area contributed by atoms with E-state index in [9.17, 15) is 9.59 Å². The Morgan fingerprint density at radius 2 is 1.96 bits per heavy atom. The molecule has 1 aliphatic heterocycles. The van der Waals surface area contributed by atoms with E-state index in [1.165, 1.54) is 11.3 Å². The third-order valence-electron chi connectivity index (χ3n) is 4.53. The van der Waals surface area contributed by atoms with Gasteiger partial charge in [-0.2, -0.15) is 0 Å². The Balaban J connectivity index is 1.29. The van der Waals surface area contributed by atoms with Crippen LogP contribution >= 0.6 is 11.3 Å². The van der Waals surface area contributed by atoms with Gasteiger partial charge >= 0.3 is 0 Å². The van der Waals surface area contributed by atoms with E-state index in [4.69, 9.17) is 4.74 Å². The molecule has 8 heteroatoms. The zero-order valence-corrected chi connectivity index (χ0v) is 15.2. The highest BCUT2D eigenvalue weighted by Crippen LogP contribution is 2.29. The van der Waals surface area contributed by atoms with E-state index < -0.39 is 0 Å². The molecule has 1 saturated carbocycles. The number of nitrogens with zero attached hydrogens (tertiary/aromatic N) is 2. The third-order valence-corrected chi connectivity index (χ3v) is 5.29. The molecule has 2 amide bonds. The molecule has 0 spiro atoms. The van der Waals surface area contributed by atoms with Crippen molar-refractivity contribution in [3.05, 3.63) is 35.3 Å². The Bertz CT molecular complexity index is 810. The number of nitrogens with one attached hydrogen (secondary N) is 2. The molecule has 2 heterocycles. The second-order valence-electron chi connectivity index (χ2n) is 6.58. The van der Waals surface area contributed by atoms with Crippen molar-refractivity contribution >= 4 is 34.0 Å². The molecule has 1 aromatic heterocycles. The lowest BCUT2D eigenvalue weighted by molar-refractivity contribution is -0.123. The molecule has 1 saturated heterocycles. The minimum Gasteiger partial charge on any atom is -0.497 e. The highest BCUT2D eigenvalue weighted by Gasteiger charge is 2.36. The van der Waals surface area contributed by atoms with Gasteiger partial charge in [0.25, 0.3) is 5.91 Å². The summed E-state index contributed by atoms with van der Waals surface area (Å²) in [5.74, 6) is 1.01. The summed E-state index contributed by atoms with van der Waals surface area (Å²) in [5, 5.41) is 8.59. The summed E-state index contributed by atoms with van der Waals surface area (Å²) in [7, 11) is 1.62. The quantitative estimate of drug-likeness (QED) is 0.813. The minimum atomic E-state index is -0.0963. The molecule has 0 atom stereocenters. The fourth-order valence-electron chi connectivity index (χ4n) is 2.79. The zero-order chi connectivity index (χ0) is 18.1. The molecule has 0 radical (unpaired) electrons. The van der Waals surface area contributed by atoms with Crippen LogP contribution in [0.3, 0.4) is 0 Å². The average Bonchev–Trinajstić information content (AvgIpc) is 3.37. The monoisotopic (exact) mass is 372 g/mol. The number of methoxy groups -OCH3 is 1. The molecule has 7 nitrogen and oxygen atoms in total. The molecular formula is C18H20N4O3S. The van der Waals surface area contributed by atoms with E-state index in [0.717, 1.165) is 24.3 Å². The standard InChI is InChI=1S/C18H20N4O3S/c1-25-14-6-4-12(5-7-14)20-18-21-15(10-26-18)17(24)22-8-13(9-22)19-16(23)11-2-3-11/h4-7,10-11,13H,2-3,8-9H2,1H3,(H,19,23)(H,20,21). The number of amides is 2. The van der Waals surface area contributed by atoms with Crippen LogP contribution in [0.25, 0.3) is 0 Å². The number of carbonyl (C=O) groups is 2. The maximum atomic E-state index is 12.5. The molecule has 4 rings (SSSR count). The van der Waals surface area contributed by atoms with Crippen molar-refractivity contribution in [3.63, 3.8) is 0 Å². The van der Waals surface area contributed by atoms with Crippen molar-refractivity contribution in [3.8, 4) is 5.75 Å². The van der Waals surface area contributed by atoms with Crippen LogP contribution in [0.1, 0.15) is 23.3 Å². The van der Waals surface area contributed by atoms with Gasteiger partial charge in [-0.3, -0.25) is 9.59 Å². The summed E-state index contributed by atoms with van der Waals surface area (Å²) in [6, 6.07) is 7.58. The topological polar surface area (TPSA) is 83.6 Å². The highest BCUT2D eigenvalue weighted by molar-refractivity contribution is 7.14. The van der Waals surface area contributed by atoms with Crippen LogP contribution in [0.4, 0.5) is 10.8 Å². The first-order chi connectivity index (χ1) is 12.6. The number of thiazole rings is 1. The second-order valence-corrected chi connectivity index (χ2v) is 7.44. The fraction of sp³-hybridized carbons (Fsp3) is 0.389. The Kier molecular flexibility index (Phi) is 4.50. The number of likely N-dealkylation sites (tertiary alicyclic amines) is 1. The smallest absolute Gasteiger partial charge is 0.273 e. The van der Waals surface area contributed by atoms with Gasteiger partial charge in [-0.15, -0.1) is 11.3 Å². The minimum absolute atomic E-state index is 0.0718. The predicted molar refractivity (Wildman–Crippen MR) is 98.9 cm³/mol. The van der Waals surface area contributed by atoms with Crippen LogP contribution in [-0.4, -0.2) is 47.9 Å². The van der Waals surface area contributed by atoms with Crippen molar-refractivity contribution in [1.29, 1.82) is 0 Å². The van der Waals surface area contributed by atoms with E-state index >= 15 is 0 Å². The summed E-state index contributed by atoms with van der Waals surface area (Å²) in [6.07, 6.45) is 1.98. The first-order valence-electron chi connectivity index (χ1n) is 8.58. The van der Waals surface area contributed by atoms with Gasteiger partial charge in [0.1, 0.15) is 11.4 Å². The molecule has 0 unspecified atom stereocenters. The molecule has 2 aromatic rings. The van der Waals surface area contributed by atoms with Crippen LogP contribution < -0.4 is 15.4 Å². The number of anilines is 2. The van der Waals surface area contributed by atoms with Gasteiger partial charge in [-0.1, -0.05) is 0 Å². The fourth-order valence-corrected chi connectivity index (χ4v) is 3.49. The number of aromatic nitrogens is 1. The van der Waals surface area contributed by atoms with Gasteiger partial charge in [0.15, 0.2) is 5.13 Å². The first kappa shape index (κ1) is 16.8. The van der Waals surface area contributed by atoms with E-state index in [1.807, 2.05) is 24.3 Å². The maximum absolute atomic E-state index is 12.5. The van der Waals surface area contributed by atoms with Crippen LogP contribution in [0, 0.1) is 5.92 Å². The van der Waals surface area contributed by atoms with Crippen molar-refractivity contribution in [1.82, 2.24) is 15.2 Å². The Morgan fingerprint density at radius 3 is 2.62 bits per heavy atom. The third kappa shape index (κ3) is 3.65. The Hall–Kier alpha value is -2.61. The summed E-state index contributed by atoms with van der Waals surface area (Å²) in [6.45, 7) is 1.10. The summed E-state index contributed by atoms with van der Waals surface area (Å²) >= 11 is 1.39. The molecular weight excluding hydrogens is 352 g/mol. The molecule has 2 fully saturated rings. The van der Waals surface area contributed by atoms with Crippen molar-refractivity contribution in [2.24, 2.45) is 5.92 Å². The number of hydrogen-bond acceptors (Lipinski definition) is 6. The summed E-state index contributed by atoms with van der Waals surface area (Å²) in [5.41, 5.74) is 1.31. The van der Waals surface area contributed by atoms with Gasteiger partial charge in [0.05, 0.1) is 13.2 Å². The van der Waals surface area contributed by atoms with Gasteiger partial charge in [0, 0.05) is 30.1 Å². The average molecular weight is 372 g/mol. The van der Waals surface area contributed by atoms with Crippen LogP contribution in [0.15, 0.2) is 29.6 Å². The predicted octanol–water partition coefficient (Wildman–Crippen LogP) is 2.25. The van der Waals surface area contributed by atoms with E-state index in [1.54, 1.807) is 17.4 Å². The Morgan fingerprint density at radius 1 is 1.23 bits per heavy atom. The number of carbonyl (C=O) groups excluding carboxylic acids is 2. The lowest BCUT2D eigenvalue weighted by atomic mass is 10.1. The number of ether oxygens (including phenoxy) is 1. The van der Waals surface area contributed by atoms with Crippen LogP contribution in [0.5, 0.6) is 5.75 Å². The SMILES string of the molecule is COc1ccc(Nc2nc(C(=O)N3CC(NC(=O)C4CC4)C3)cs2)cc1. The number of benzene rings is 1. The zero-order valence-electron chi connectivity index (χ0n) is 14.4. The number of hydrogen-bond donors (Lipinski definition) is 2. The molecule has 1 aromatic carbocycles. The van der Waals surface area contributed by atoms with Crippen molar-refractivity contribution in [2.75, 3.05) is 25.5 Å². The molecule has 2 aliphatic rings. The normalized spacial score (nSPS) is 16.7.